The fourth-order valence-corrected chi connectivity index (χ4v) is 11.7. The summed E-state index contributed by atoms with van der Waals surface area (Å²) >= 11 is 0. The van der Waals surface area contributed by atoms with Gasteiger partial charge in [-0.05, 0) is 170 Å². The van der Waals surface area contributed by atoms with Crippen molar-refractivity contribution >= 4 is 51.9 Å². The molecule has 12 heteroatoms. The zero-order valence-electron chi connectivity index (χ0n) is 43.7. The molecule has 2 unspecified atom stereocenters. The predicted molar refractivity (Wildman–Crippen MR) is 294 cm³/mol. The highest BCUT2D eigenvalue weighted by atomic mass is 16.5. The average molecular weight is 1000 g/mol. The number of hydrogen-bond donors (Lipinski definition) is 2. The molecule has 2 atom stereocenters. The summed E-state index contributed by atoms with van der Waals surface area (Å²) in [5.41, 5.74) is 8.83. The number of oxazole rings is 1. The number of rotatable bonds is 14. The van der Waals surface area contributed by atoms with Crippen LogP contribution in [-0.2, 0) is 19.1 Å². The van der Waals surface area contributed by atoms with Gasteiger partial charge in [-0.3, -0.25) is 19.3 Å². The number of β-amino-alcohol motifs (C(OH)–C–C–N with tert-alkyl or cyclic N) is 1. The van der Waals surface area contributed by atoms with Crippen LogP contribution in [0.2, 0.25) is 0 Å². The van der Waals surface area contributed by atoms with E-state index < -0.39 is 0 Å². The molecule has 0 bridgehead atoms. The Morgan fingerprint density at radius 3 is 1.93 bits per heavy atom. The maximum Gasteiger partial charge on any atom is 0.323 e. The number of piperidine rings is 4. The van der Waals surface area contributed by atoms with E-state index in [4.69, 9.17) is 9.15 Å². The number of fused-ring (bicyclic) bond motifs is 2. The average Bonchev–Trinajstić information content (AvgIpc) is 4.07. The fraction of sp³-hybridized carbons (Fsp3) is 0.452. The molecule has 6 aromatic rings. The van der Waals surface area contributed by atoms with Crippen LogP contribution in [-0.4, -0.2) is 130 Å². The van der Waals surface area contributed by atoms with E-state index in [0.717, 1.165) is 125 Å². The molecule has 6 heterocycles. The van der Waals surface area contributed by atoms with Gasteiger partial charge in [-0.25, -0.2) is 4.98 Å². The number of nitrogens with zero attached hydrogens (tertiary/aromatic N) is 5. The Morgan fingerprint density at radius 1 is 0.716 bits per heavy atom. The lowest BCUT2D eigenvalue weighted by Crippen LogP contribution is -2.48. The van der Waals surface area contributed by atoms with Crippen LogP contribution >= 0.6 is 0 Å². The van der Waals surface area contributed by atoms with Crippen molar-refractivity contribution in [2.45, 2.75) is 103 Å². The van der Waals surface area contributed by atoms with Gasteiger partial charge in [-0.15, -0.1) is 0 Å². The summed E-state index contributed by atoms with van der Waals surface area (Å²) in [6.45, 7) is 13.7. The number of aliphatic hydroxyl groups is 1. The van der Waals surface area contributed by atoms with Gasteiger partial charge in [0, 0.05) is 67.9 Å². The number of carbonyl (C=O) groups is 3. The lowest BCUT2D eigenvalue weighted by molar-refractivity contribution is -0.151. The minimum absolute atomic E-state index is 0.0562. The number of hydrogen-bond acceptors (Lipinski definition) is 9. The van der Waals surface area contributed by atoms with Gasteiger partial charge >= 0.3 is 5.97 Å². The summed E-state index contributed by atoms with van der Waals surface area (Å²) in [6.07, 6.45) is 17.4. The Labute approximate surface area is 437 Å². The third kappa shape index (κ3) is 13.7. The van der Waals surface area contributed by atoms with Crippen molar-refractivity contribution in [3.05, 3.63) is 149 Å². The van der Waals surface area contributed by atoms with Gasteiger partial charge in [0.1, 0.15) is 11.6 Å². The van der Waals surface area contributed by atoms with Crippen LogP contribution in [0.5, 0.6) is 0 Å². The highest BCUT2D eigenvalue weighted by molar-refractivity contribution is 5.92. The van der Waals surface area contributed by atoms with Crippen molar-refractivity contribution in [3.63, 3.8) is 0 Å². The molecule has 4 saturated heterocycles. The van der Waals surface area contributed by atoms with Gasteiger partial charge < -0.3 is 33.9 Å². The number of aromatic nitrogens is 2. The predicted octanol–water partition coefficient (Wildman–Crippen LogP) is 10.6. The Hall–Kier alpha value is -6.34. The lowest BCUT2D eigenvalue weighted by atomic mass is 9.86. The third-order valence-electron chi connectivity index (χ3n) is 16.1. The molecule has 74 heavy (non-hydrogen) atoms. The molecule has 2 N–H and O–H groups in total. The van der Waals surface area contributed by atoms with Crippen LogP contribution in [0.4, 0.5) is 0 Å². The Kier molecular flexibility index (Phi) is 17.9. The van der Waals surface area contributed by atoms with Crippen LogP contribution in [0.25, 0.3) is 34.2 Å². The number of carbonyl (C=O) groups excluding carboxylic acids is 3. The molecular weight excluding hydrogens is 925 g/mol. The quantitative estimate of drug-likeness (QED) is 0.0808. The first-order valence-electron chi connectivity index (χ1n) is 27.4. The molecule has 0 spiro atoms. The number of likely N-dealkylation sites (tertiary alicyclic amines) is 4. The van der Waals surface area contributed by atoms with Crippen molar-refractivity contribution in [3.8, 4) is 0 Å². The van der Waals surface area contributed by atoms with E-state index in [0.29, 0.717) is 44.0 Å². The Balaban J connectivity index is 0.000000183. The molecule has 4 fully saturated rings. The molecule has 4 aromatic carbocycles. The van der Waals surface area contributed by atoms with Crippen LogP contribution in [0.3, 0.4) is 0 Å². The summed E-state index contributed by atoms with van der Waals surface area (Å²) in [7, 11) is 0. The molecule has 0 aliphatic carbocycles. The topological polar surface area (TPSA) is 135 Å². The summed E-state index contributed by atoms with van der Waals surface area (Å²) < 4.78 is 11.5. The van der Waals surface area contributed by atoms with Gasteiger partial charge in [0.05, 0.1) is 12.7 Å². The van der Waals surface area contributed by atoms with Crippen molar-refractivity contribution in [2.75, 3.05) is 65.5 Å². The molecule has 4 aliphatic heterocycles. The van der Waals surface area contributed by atoms with E-state index in [1.165, 1.54) is 27.6 Å². The molecule has 12 nitrogen and oxygen atoms in total. The highest BCUT2D eigenvalue weighted by Crippen LogP contribution is 2.36. The number of para-hydroxylation sites is 3. The number of H-pyrrole nitrogens is 1. The lowest BCUT2D eigenvalue weighted by Gasteiger charge is -2.39. The number of amides is 2. The van der Waals surface area contributed by atoms with Crippen LogP contribution in [0.15, 0.2) is 120 Å². The number of benzene rings is 4. The number of aromatic amines is 1. The van der Waals surface area contributed by atoms with E-state index in [2.05, 4.69) is 88.3 Å². The first-order chi connectivity index (χ1) is 36.1. The second-order valence-corrected chi connectivity index (χ2v) is 21.2. The monoisotopic (exact) mass is 1000 g/mol. The summed E-state index contributed by atoms with van der Waals surface area (Å²) in [5, 5.41) is 12.2. The molecule has 0 saturated carbocycles. The number of aliphatic hydroxyl groups excluding tert-OH is 1. The van der Waals surface area contributed by atoms with E-state index >= 15 is 0 Å². The second kappa shape index (κ2) is 25.3. The number of esters is 1. The van der Waals surface area contributed by atoms with Gasteiger partial charge in [0.15, 0.2) is 11.5 Å². The molecule has 390 valence electrons. The Bertz CT molecular complexity index is 2820. The zero-order valence-corrected chi connectivity index (χ0v) is 43.7. The van der Waals surface area contributed by atoms with E-state index in [1.807, 2.05) is 77.4 Å². The standard InChI is InChI=1S/C33H41N3O3.C29H35N3O3/c1-3-39-33(38)31(35-19-15-27(16-20-35)29-23-34-30-10-5-4-9-28(29)30)22-26-13-17-36(18-14-26)32(37)12-11-25-8-6-7-24(2)21-25;1-21-5-4-6-22(19-21)9-10-28(34)32-17-13-23(14-18-32)26(33)20-31-15-11-24(12-16-31)29-30-25-7-2-3-8-27(25)35-29/h4-12,21,23,26-27,31,34H,3,13-20,22H2,1-2H3;2-10,19,23-24,26,33H,11-18,20H2,1H3/b12-11+;10-9+. The van der Waals surface area contributed by atoms with Crippen LogP contribution in [0.1, 0.15) is 110 Å². The third-order valence-corrected chi connectivity index (χ3v) is 16.1. The van der Waals surface area contributed by atoms with Gasteiger partial charge in [-0.1, -0.05) is 90.0 Å². The molecule has 10 rings (SSSR count). The molecular formula is C62H76N6O6. The smallest absolute Gasteiger partial charge is 0.323 e. The van der Waals surface area contributed by atoms with Crippen LogP contribution in [0, 0.1) is 25.7 Å². The highest BCUT2D eigenvalue weighted by Gasteiger charge is 2.35. The van der Waals surface area contributed by atoms with Crippen molar-refractivity contribution in [2.24, 2.45) is 11.8 Å². The first kappa shape index (κ1) is 52.5. The SMILES string of the molecule is CCOC(=O)C(CC1CCN(C(=O)/C=C/c2cccc(C)c2)CC1)N1CCC(c2c[nH]c3ccccc23)CC1.Cc1cccc(/C=C/C(=O)N2CCC(C(O)CN3CCC(c4nc5ccccc5o4)CC3)CC2)c1. The number of nitrogens with one attached hydrogen (secondary N) is 1. The number of ether oxygens (including phenoxy) is 1. The van der Waals surface area contributed by atoms with Gasteiger partial charge in [0.2, 0.25) is 11.8 Å². The van der Waals surface area contributed by atoms with Crippen molar-refractivity contribution in [1.29, 1.82) is 0 Å². The van der Waals surface area contributed by atoms with Crippen molar-refractivity contribution < 1.29 is 28.6 Å². The Morgan fingerprint density at radius 2 is 1.31 bits per heavy atom. The van der Waals surface area contributed by atoms with Crippen LogP contribution < -0.4 is 0 Å². The van der Waals surface area contributed by atoms with E-state index in [9.17, 15) is 19.5 Å². The summed E-state index contributed by atoms with van der Waals surface area (Å²) in [6, 6.07) is 32.5. The first-order valence-corrected chi connectivity index (χ1v) is 27.4. The zero-order chi connectivity index (χ0) is 51.4. The number of aryl methyl sites for hydroxylation is 2. The molecule has 2 aromatic heterocycles. The normalized spacial score (nSPS) is 19.0. The fourth-order valence-electron chi connectivity index (χ4n) is 11.7. The molecule has 4 aliphatic rings. The van der Waals surface area contributed by atoms with Crippen molar-refractivity contribution in [1.82, 2.24) is 29.6 Å². The minimum Gasteiger partial charge on any atom is -0.465 e. The second-order valence-electron chi connectivity index (χ2n) is 21.2. The minimum atomic E-state index is -0.351. The maximum atomic E-state index is 13.1. The largest absolute Gasteiger partial charge is 0.465 e. The molecule has 2 amide bonds. The van der Waals surface area contributed by atoms with E-state index in [-0.39, 0.29) is 35.8 Å². The summed E-state index contributed by atoms with van der Waals surface area (Å²) in [5.74, 6) is 2.38. The van der Waals surface area contributed by atoms with E-state index in [1.54, 1.807) is 12.2 Å². The van der Waals surface area contributed by atoms with Gasteiger partial charge in [-0.2, -0.15) is 0 Å². The maximum absolute atomic E-state index is 13.1. The van der Waals surface area contributed by atoms with Gasteiger partial charge in [0.25, 0.3) is 0 Å². The summed E-state index contributed by atoms with van der Waals surface area (Å²) in [4.78, 5) is 55.1. The molecule has 0 radical (unpaired) electrons.